The topological polar surface area (TPSA) is 81.6 Å². The first-order chi connectivity index (χ1) is 15.3. The number of carbonyl (C=O) groups excluding carboxylic acids is 1. The zero-order valence-electron chi connectivity index (χ0n) is 17.8. The van der Waals surface area contributed by atoms with E-state index in [1.54, 1.807) is 24.3 Å². The van der Waals surface area contributed by atoms with Crippen molar-refractivity contribution in [3.05, 3.63) is 71.5 Å². The molecule has 0 spiro atoms. The van der Waals surface area contributed by atoms with Crippen molar-refractivity contribution in [3.63, 3.8) is 0 Å². The van der Waals surface area contributed by atoms with E-state index in [0.717, 1.165) is 17.5 Å². The lowest BCUT2D eigenvalue weighted by molar-refractivity contribution is -0.280. The summed E-state index contributed by atoms with van der Waals surface area (Å²) in [6.45, 7) is 2.74. The van der Waals surface area contributed by atoms with Gasteiger partial charge in [-0.15, -0.1) is 0 Å². The van der Waals surface area contributed by atoms with Crippen molar-refractivity contribution in [1.82, 2.24) is 5.32 Å². The van der Waals surface area contributed by atoms with E-state index < -0.39 is 47.3 Å². The van der Waals surface area contributed by atoms with E-state index in [1.165, 1.54) is 13.8 Å². The van der Waals surface area contributed by atoms with Crippen LogP contribution >= 0.6 is 0 Å². The van der Waals surface area contributed by atoms with Crippen molar-refractivity contribution in [3.8, 4) is 5.75 Å². The maximum absolute atomic E-state index is 14.1. The first-order valence-corrected chi connectivity index (χ1v) is 10.2. The Labute approximate surface area is 187 Å². The van der Waals surface area contributed by atoms with Gasteiger partial charge in [0.1, 0.15) is 0 Å². The summed E-state index contributed by atoms with van der Waals surface area (Å²) >= 11 is 0. The molecule has 0 radical (unpaired) electrons. The molecule has 4 N–H and O–H groups in total. The zero-order chi connectivity index (χ0) is 24.2. The molecule has 174 valence electrons. The third-order valence-electron chi connectivity index (χ3n) is 6.14. The van der Waals surface area contributed by atoms with E-state index in [2.05, 4.69) is 10.6 Å². The molecule has 1 aliphatic rings. The van der Waals surface area contributed by atoms with Crippen LogP contribution in [0.15, 0.2) is 54.6 Å². The number of aliphatic hydroxyl groups is 1. The van der Waals surface area contributed by atoms with E-state index >= 15 is 0 Å². The Morgan fingerprint density at radius 3 is 2.42 bits per heavy atom. The summed E-state index contributed by atoms with van der Waals surface area (Å²) in [5.41, 5.74) is -4.73. The number of carbonyl (C=O) groups is 1. The van der Waals surface area contributed by atoms with Gasteiger partial charge in [0.25, 0.3) is 0 Å². The van der Waals surface area contributed by atoms with E-state index in [4.69, 9.17) is 0 Å². The Morgan fingerprint density at radius 2 is 1.73 bits per heavy atom. The average molecular weight is 462 g/mol. The van der Waals surface area contributed by atoms with E-state index in [-0.39, 0.29) is 11.1 Å². The smallest absolute Gasteiger partial charge is 0.419 e. The molecule has 33 heavy (non-hydrogen) atoms. The third-order valence-corrected chi connectivity index (χ3v) is 6.14. The number of nitrogens with one attached hydrogen (secondary N) is 2. The number of amides is 2. The standard InChI is InChI=1S/C24H22F4N2O3/c1-22(2)12-23(33,24(26,27)28)20(15-10-11-16(25)19(31)18(15)22)30-21(32)29-17-9-5-7-13-6-3-4-8-14(13)17/h3-11,20,31,33H,12H2,1-2H3,(H2,29,30,32)/t20-,23-/m0/s1. The number of hydrogen-bond acceptors (Lipinski definition) is 3. The van der Waals surface area contributed by atoms with Gasteiger partial charge >= 0.3 is 12.2 Å². The summed E-state index contributed by atoms with van der Waals surface area (Å²) in [5.74, 6) is -1.80. The Bertz CT molecular complexity index is 1240. The first kappa shape index (κ1) is 22.8. The van der Waals surface area contributed by atoms with E-state index in [1.807, 2.05) is 18.2 Å². The Balaban J connectivity index is 1.77. The lowest BCUT2D eigenvalue weighted by Gasteiger charge is -2.48. The quantitative estimate of drug-likeness (QED) is 0.379. The minimum absolute atomic E-state index is 0.0908. The molecule has 0 aromatic heterocycles. The fourth-order valence-electron chi connectivity index (χ4n) is 4.74. The van der Waals surface area contributed by atoms with Crippen LogP contribution in [0.4, 0.5) is 28.0 Å². The third kappa shape index (κ3) is 3.76. The van der Waals surface area contributed by atoms with Gasteiger partial charge < -0.3 is 20.8 Å². The molecular weight excluding hydrogens is 440 g/mol. The van der Waals surface area contributed by atoms with Crippen LogP contribution in [0, 0.1) is 5.82 Å². The molecule has 9 heteroatoms. The van der Waals surface area contributed by atoms with Crippen molar-refractivity contribution in [2.75, 3.05) is 5.32 Å². The molecule has 0 unspecified atom stereocenters. The first-order valence-electron chi connectivity index (χ1n) is 10.2. The second-order valence-corrected chi connectivity index (χ2v) is 8.90. The number of urea groups is 1. The maximum atomic E-state index is 14.1. The predicted octanol–water partition coefficient (Wildman–Crippen LogP) is 5.52. The Hall–Kier alpha value is -3.33. The van der Waals surface area contributed by atoms with E-state index in [9.17, 15) is 32.6 Å². The van der Waals surface area contributed by atoms with E-state index in [0.29, 0.717) is 11.1 Å². The summed E-state index contributed by atoms with van der Waals surface area (Å²) in [4.78, 5) is 12.8. The molecule has 1 aliphatic carbocycles. The summed E-state index contributed by atoms with van der Waals surface area (Å²) in [7, 11) is 0. The molecule has 0 aliphatic heterocycles. The molecule has 3 aromatic carbocycles. The van der Waals surface area contributed by atoms with Crippen LogP contribution in [0.5, 0.6) is 5.75 Å². The number of hydrogen-bond donors (Lipinski definition) is 4. The number of benzene rings is 3. The van der Waals surface area contributed by atoms with Gasteiger partial charge in [-0.2, -0.15) is 13.2 Å². The molecule has 0 saturated heterocycles. The largest absolute Gasteiger partial charge is 0.505 e. The molecule has 0 bridgehead atoms. The average Bonchev–Trinajstić information content (AvgIpc) is 2.72. The normalized spacial score (nSPS) is 22.0. The highest BCUT2D eigenvalue weighted by Crippen LogP contribution is 2.55. The number of fused-ring (bicyclic) bond motifs is 2. The van der Waals surface area contributed by atoms with Crippen LogP contribution in [0.25, 0.3) is 10.8 Å². The molecule has 2 amide bonds. The number of rotatable bonds is 2. The van der Waals surface area contributed by atoms with Crippen LogP contribution in [0.3, 0.4) is 0 Å². The molecule has 4 rings (SSSR count). The van der Waals surface area contributed by atoms with Crippen molar-refractivity contribution in [2.45, 2.75) is 43.5 Å². The number of phenols is 1. The summed E-state index contributed by atoms with van der Waals surface area (Å²) in [6.07, 6.45) is -6.02. The molecule has 0 saturated carbocycles. The molecule has 5 nitrogen and oxygen atoms in total. The number of aromatic hydroxyl groups is 1. The van der Waals surface area contributed by atoms with Crippen LogP contribution in [-0.4, -0.2) is 28.0 Å². The van der Waals surface area contributed by atoms with Gasteiger partial charge in [-0.25, -0.2) is 9.18 Å². The number of anilines is 1. The molecule has 3 aromatic rings. The maximum Gasteiger partial charge on any atom is 0.419 e. The molecule has 2 atom stereocenters. The summed E-state index contributed by atoms with van der Waals surface area (Å²) in [5, 5.41) is 27.4. The lowest BCUT2D eigenvalue weighted by Crippen LogP contribution is -2.61. The molecule has 0 fully saturated rings. The van der Waals surface area contributed by atoms with Crippen molar-refractivity contribution >= 4 is 22.5 Å². The minimum Gasteiger partial charge on any atom is -0.505 e. The lowest BCUT2D eigenvalue weighted by atomic mass is 9.63. The summed E-state index contributed by atoms with van der Waals surface area (Å²) < 4.78 is 56.4. The van der Waals surface area contributed by atoms with Crippen LogP contribution < -0.4 is 10.6 Å². The van der Waals surface area contributed by atoms with Gasteiger partial charge in [-0.1, -0.05) is 56.3 Å². The Kier molecular flexibility index (Phi) is 5.28. The zero-order valence-corrected chi connectivity index (χ0v) is 17.8. The van der Waals surface area contributed by atoms with Gasteiger partial charge in [0.2, 0.25) is 0 Å². The van der Waals surface area contributed by atoms with Gasteiger partial charge in [0.05, 0.1) is 11.7 Å². The number of halogens is 4. The van der Waals surface area contributed by atoms with Gasteiger partial charge in [0, 0.05) is 10.9 Å². The van der Waals surface area contributed by atoms with Gasteiger partial charge in [-0.05, 0) is 34.9 Å². The van der Waals surface area contributed by atoms with Crippen LogP contribution in [0.1, 0.15) is 37.4 Å². The highest BCUT2D eigenvalue weighted by molar-refractivity contribution is 6.01. The van der Waals surface area contributed by atoms with Crippen molar-refractivity contribution in [1.29, 1.82) is 0 Å². The SMILES string of the molecule is CC1(C)C[C@@](O)(C(F)(F)F)[C@@H](NC(=O)Nc2cccc3ccccc23)c2ccc(F)c(O)c21. The fraction of sp³-hybridized carbons (Fsp3) is 0.292. The highest BCUT2D eigenvalue weighted by Gasteiger charge is 2.64. The summed E-state index contributed by atoms with van der Waals surface area (Å²) in [6, 6.07) is 11.1. The number of phenolic OH excluding ortho intramolecular Hbond substituents is 1. The second kappa shape index (κ2) is 7.62. The van der Waals surface area contributed by atoms with Crippen LogP contribution in [0.2, 0.25) is 0 Å². The predicted molar refractivity (Wildman–Crippen MR) is 116 cm³/mol. The number of alkyl halides is 3. The van der Waals surface area contributed by atoms with Gasteiger partial charge in [-0.3, -0.25) is 0 Å². The van der Waals surface area contributed by atoms with Gasteiger partial charge in [0.15, 0.2) is 17.2 Å². The highest BCUT2D eigenvalue weighted by atomic mass is 19.4. The monoisotopic (exact) mass is 462 g/mol. The second-order valence-electron chi connectivity index (χ2n) is 8.90. The minimum atomic E-state index is -5.12. The van der Waals surface area contributed by atoms with Crippen LogP contribution in [-0.2, 0) is 5.41 Å². The molecular formula is C24H22F4N2O3. The fourth-order valence-corrected chi connectivity index (χ4v) is 4.74. The van der Waals surface area contributed by atoms with Crippen molar-refractivity contribution in [2.24, 2.45) is 0 Å². The Morgan fingerprint density at radius 1 is 1.06 bits per heavy atom. The molecule has 0 heterocycles. The van der Waals surface area contributed by atoms with Crippen molar-refractivity contribution < 1.29 is 32.6 Å².